The standard InChI is InChI=1S/C30H34O3/c1-3-32-28-17-19-29(20-18-28)33-30(31)27-15-13-26(14-16-27)25-11-9-23(10-12-25)21-22(2)24-7-5-4-6-8-24/h4-8,13-20,22-23,25H,3,9-12,21H2,1-2H3/t22-,23?,25?/m1/s1. The summed E-state index contributed by atoms with van der Waals surface area (Å²) in [6, 6.07) is 26.0. The second-order valence-corrected chi connectivity index (χ2v) is 9.18. The van der Waals surface area contributed by atoms with Crippen LogP contribution in [0.15, 0.2) is 78.9 Å². The first-order valence-electron chi connectivity index (χ1n) is 12.2. The Hall–Kier alpha value is -3.07. The molecule has 0 aliphatic heterocycles. The zero-order chi connectivity index (χ0) is 23.0. The SMILES string of the molecule is CCOc1ccc(OC(=O)c2ccc(C3CCC(C[C@@H](C)c4ccccc4)CC3)cc2)cc1. The summed E-state index contributed by atoms with van der Waals surface area (Å²) in [6.45, 7) is 4.91. The van der Waals surface area contributed by atoms with Crippen molar-refractivity contribution in [2.75, 3.05) is 6.61 Å². The molecule has 4 rings (SSSR count). The third kappa shape index (κ3) is 6.25. The summed E-state index contributed by atoms with van der Waals surface area (Å²) < 4.78 is 10.9. The van der Waals surface area contributed by atoms with Gasteiger partial charge in [-0.05, 0) is 104 Å². The number of hydrogen-bond donors (Lipinski definition) is 0. The van der Waals surface area contributed by atoms with Crippen LogP contribution in [-0.4, -0.2) is 12.6 Å². The van der Waals surface area contributed by atoms with Gasteiger partial charge in [-0.15, -0.1) is 0 Å². The minimum Gasteiger partial charge on any atom is -0.494 e. The molecule has 3 heteroatoms. The summed E-state index contributed by atoms with van der Waals surface area (Å²) in [6.07, 6.45) is 6.28. The first-order chi connectivity index (χ1) is 16.1. The zero-order valence-corrected chi connectivity index (χ0v) is 19.7. The van der Waals surface area contributed by atoms with E-state index in [1.54, 1.807) is 12.1 Å². The molecule has 0 bridgehead atoms. The molecule has 0 aromatic heterocycles. The molecule has 0 saturated heterocycles. The molecule has 1 saturated carbocycles. The fourth-order valence-electron chi connectivity index (χ4n) is 4.98. The molecule has 0 unspecified atom stereocenters. The molecule has 0 spiro atoms. The highest BCUT2D eigenvalue weighted by atomic mass is 16.5. The lowest BCUT2D eigenvalue weighted by Crippen LogP contribution is -2.15. The average Bonchev–Trinajstić information content (AvgIpc) is 2.86. The van der Waals surface area contributed by atoms with Crippen molar-refractivity contribution in [3.63, 3.8) is 0 Å². The van der Waals surface area contributed by atoms with Gasteiger partial charge >= 0.3 is 5.97 Å². The number of esters is 1. The fraction of sp³-hybridized carbons (Fsp3) is 0.367. The van der Waals surface area contributed by atoms with E-state index in [1.807, 2.05) is 31.2 Å². The van der Waals surface area contributed by atoms with Gasteiger partial charge in [0.25, 0.3) is 0 Å². The van der Waals surface area contributed by atoms with E-state index in [9.17, 15) is 4.79 Å². The molecular weight excluding hydrogens is 408 g/mol. The number of carbonyl (C=O) groups is 1. The van der Waals surface area contributed by atoms with Crippen LogP contribution in [0.3, 0.4) is 0 Å². The maximum atomic E-state index is 12.5. The summed E-state index contributed by atoms with van der Waals surface area (Å²) >= 11 is 0. The van der Waals surface area contributed by atoms with Crippen LogP contribution in [0.1, 0.15) is 79.3 Å². The minimum absolute atomic E-state index is 0.329. The number of ether oxygens (including phenoxy) is 2. The number of rotatable bonds is 8. The van der Waals surface area contributed by atoms with Crippen LogP contribution in [0.5, 0.6) is 11.5 Å². The van der Waals surface area contributed by atoms with E-state index in [1.165, 1.54) is 43.2 Å². The van der Waals surface area contributed by atoms with Crippen molar-refractivity contribution >= 4 is 5.97 Å². The van der Waals surface area contributed by atoms with E-state index < -0.39 is 0 Å². The van der Waals surface area contributed by atoms with Crippen molar-refractivity contribution in [1.82, 2.24) is 0 Å². The Morgan fingerprint density at radius 1 is 0.848 bits per heavy atom. The van der Waals surface area contributed by atoms with E-state index in [0.29, 0.717) is 29.8 Å². The van der Waals surface area contributed by atoms with E-state index in [-0.39, 0.29) is 5.97 Å². The summed E-state index contributed by atoms with van der Waals surface area (Å²) in [5.74, 6) is 2.98. The molecule has 1 aliphatic carbocycles. The highest BCUT2D eigenvalue weighted by Crippen LogP contribution is 2.39. The fourth-order valence-corrected chi connectivity index (χ4v) is 4.98. The maximum absolute atomic E-state index is 12.5. The molecule has 1 atom stereocenters. The highest BCUT2D eigenvalue weighted by molar-refractivity contribution is 5.91. The Morgan fingerprint density at radius 2 is 1.48 bits per heavy atom. The average molecular weight is 443 g/mol. The molecule has 0 heterocycles. The Balaban J connectivity index is 1.27. The Bertz CT molecular complexity index is 1000. The number of hydrogen-bond acceptors (Lipinski definition) is 3. The van der Waals surface area contributed by atoms with Crippen molar-refractivity contribution < 1.29 is 14.3 Å². The summed E-state index contributed by atoms with van der Waals surface area (Å²) in [7, 11) is 0. The molecule has 0 radical (unpaired) electrons. The van der Waals surface area contributed by atoms with Crippen LogP contribution in [-0.2, 0) is 0 Å². The summed E-state index contributed by atoms with van der Waals surface area (Å²) in [5.41, 5.74) is 3.37. The molecule has 1 fully saturated rings. The van der Waals surface area contributed by atoms with E-state index in [2.05, 4.69) is 49.4 Å². The number of benzene rings is 3. The van der Waals surface area contributed by atoms with E-state index in [0.717, 1.165) is 11.7 Å². The third-order valence-electron chi connectivity index (χ3n) is 6.87. The van der Waals surface area contributed by atoms with Crippen LogP contribution < -0.4 is 9.47 Å². The van der Waals surface area contributed by atoms with Crippen molar-refractivity contribution in [3.05, 3.63) is 95.6 Å². The topological polar surface area (TPSA) is 35.5 Å². The van der Waals surface area contributed by atoms with Crippen molar-refractivity contribution in [3.8, 4) is 11.5 Å². The van der Waals surface area contributed by atoms with Gasteiger partial charge in [0, 0.05) is 0 Å². The predicted octanol–water partition coefficient (Wildman–Crippen LogP) is 7.77. The van der Waals surface area contributed by atoms with Gasteiger partial charge in [0.1, 0.15) is 11.5 Å². The van der Waals surface area contributed by atoms with Gasteiger partial charge in [0.15, 0.2) is 0 Å². The van der Waals surface area contributed by atoms with Gasteiger partial charge in [-0.3, -0.25) is 0 Å². The second-order valence-electron chi connectivity index (χ2n) is 9.18. The smallest absolute Gasteiger partial charge is 0.343 e. The van der Waals surface area contributed by atoms with E-state index >= 15 is 0 Å². The normalized spacial score (nSPS) is 19.0. The molecule has 0 amide bonds. The molecule has 3 nitrogen and oxygen atoms in total. The molecular formula is C30H34O3. The Morgan fingerprint density at radius 3 is 2.12 bits per heavy atom. The summed E-state index contributed by atoms with van der Waals surface area (Å²) in [5, 5.41) is 0. The molecule has 0 N–H and O–H groups in total. The Labute approximate surface area is 197 Å². The van der Waals surface area contributed by atoms with Gasteiger partial charge in [0.2, 0.25) is 0 Å². The van der Waals surface area contributed by atoms with Crippen LogP contribution in [0, 0.1) is 5.92 Å². The van der Waals surface area contributed by atoms with Crippen LogP contribution in [0.4, 0.5) is 0 Å². The van der Waals surface area contributed by atoms with Crippen molar-refractivity contribution in [2.24, 2.45) is 5.92 Å². The molecule has 172 valence electrons. The first kappa shape index (κ1) is 23.1. The molecule has 1 aliphatic rings. The van der Waals surface area contributed by atoms with Crippen LogP contribution in [0.2, 0.25) is 0 Å². The van der Waals surface area contributed by atoms with Crippen LogP contribution >= 0.6 is 0 Å². The number of carbonyl (C=O) groups excluding carboxylic acids is 1. The van der Waals surface area contributed by atoms with E-state index in [4.69, 9.17) is 9.47 Å². The lowest BCUT2D eigenvalue weighted by Gasteiger charge is -2.30. The van der Waals surface area contributed by atoms with Crippen LogP contribution in [0.25, 0.3) is 0 Å². The van der Waals surface area contributed by atoms with Gasteiger partial charge in [-0.1, -0.05) is 49.4 Å². The molecule has 3 aromatic carbocycles. The minimum atomic E-state index is -0.329. The van der Waals surface area contributed by atoms with Crippen molar-refractivity contribution in [1.29, 1.82) is 0 Å². The second kappa shape index (κ2) is 11.2. The molecule has 33 heavy (non-hydrogen) atoms. The maximum Gasteiger partial charge on any atom is 0.343 e. The predicted molar refractivity (Wildman–Crippen MR) is 133 cm³/mol. The highest BCUT2D eigenvalue weighted by Gasteiger charge is 2.24. The Kier molecular flexibility index (Phi) is 7.83. The monoisotopic (exact) mass is 442 g/mol. The lowest BCUT2D eigenvalue weighted by atomic mass is 9.75. The van der Waals surface area contributed by atoms with Gasteiger partial charge in [-0.25, -0.2) is 4.79 Å². The summed E-state index contributed by atoms with van der Waals surface area (Å²) in [4.78, 5) is 12.5. The first-order valence-corrected chi connectivity index (χ1v) is 12.2. The third-order valence-corrected chi connectivity index (χ3v) is 6.87. The largest absolute Gasteiger partial charge is 0.494 e. The lowest BCUT2D eigenvalue weighted by molar-refractivity contribution is 0.0734. The van der Waals surface area contributed by atoms with Gasteiger partial charge in [0.05, 0.1) is 12.2 Å². The molecule has 3 aromatic rings. The van der Waals surface area contributed by atoms with Gasteiger partial charge in [-0.2, -0.15) is 0 Å². The van der Waals surface area contributed by atoms with Crippen molar-refractivity contribution in [2.45, 2.75) is 57.8 Å². The quantitative estimate of drug-likeness (QED) is 0.264. The zero-order valence-electron chi connectivity index (χ0n) is 19.7. The van der Waals surface area contributed by atoms with Gasteiger partial charge < -0.3 is 9.47 Å².